The van der Waals surface area contributed by atoms with Crippen LogP contribution < -0.4 is 5.32 Å². The van der Waals surface area contributed by atoms with E-state index >= 15 is 0 Å². The molecule has 1 atom stereocenters. The molecule has 0 spiro atoms. The summed E-state index contributed by atoms with van der Waals surface area (Å²) in [6, 6.07) is 6.55. The second kappa shape index (κ2) is 9.14. The molecule has 31 heavy (non-hydrogen) atoms. The maximum absolute atomic E-state index is 13.0. The van der Waals surface area contributed by atoms with Crippen molar-refractivity contribution in [1.82, 2.24) is 29.7 Å². The molecule has 4 heterocycles. The molecule has 1 aliphatic heterocycles. The Morgan fingerprint density at radius 2 is 1.94 bits per heavy atom. The number of piperidine rings is 1. The Morgan fingerprint density at radius 1 is 1.10 bits per heavy atom. The number of hydrogen-bond acceptors (Lipinski definition) is 5. The Labute approximate surface area is 182 Å². The molecule has 1 unspecified atom stereocenters. The average molecular weight is 419 g/mol. The largest absolute Gasteiger partial charge is 0.350 e. The summed E-state index contributed by atoms with van der Waals surface area (Å²) in [5.41, 5.74) is 3.38. The van der Waals surface area contributed by atoms with Gasteiger partial charge in [-0.1, -0.05) is 25.3 Å². The summed E-state index contributed by atoms with van der Waals surface area (Å²) in [5, 5.41) is 3.14. The van der Waals surface area contributed by atoms with Gasteiger partial charge in [0.2, 0.25) is 0 Å². The summed E-state index contributed by atoms with van der Waals surface area (Å²) in [5.74, 6) is -0.101. The summed E-state index contributed by atoms with van der Waals surface area (Å²) >= 11 is 0. The van der Waals surface area contributed by atoms with Crippen molar-refractivity contribution in [1.29, 1.82) is 0 Å². The predicted octanol–water partition coefficient (Wildman–Crippen LogP) is 3.90. The third-order valence-electron chi connectivity index (χ3n) is 6.75. The highest BCUT2D eigenvalue weighted by Crippen LogP contribution is 2.31. The molecule has 7 heteroatoms. The zero-order chi connectivity index (χ0) is 21.0. The van der Waals surface area contributed by atoms with Gasteiger partial charge in [0.1, 0.15) is 5.52 Å². The highest BCUT2D eigenvalue weighted by Gasteiger charge is 2.24. The van der Waals surface area contributed by atoms with Gasteiger partial charge in [0.25, 0.3) is 5.91 Å². The van der Waals surface area contributed by atoms with Crippen LogP contribution in [0.15, 0.2) is 43.1 Å². The first-order valence-corrected chi connectivity index (χ1v) is 11.5. The van der Waals surface area contributed by atoms with E-state index in [4.69, 9.17) is 0 Å². The van der Waals surface area contributed by atoms with Crippen molar-refractivity contribution in [2.24, 2.45) is 0 Å². The lowest BCUT2D eigenvalue weighted by atomic mass is 10.0. The van der Waals surface area contributed by atoms with Crippen LogP contribution in [0.2, 0.25) is 0 Å². The van der Waals surface area contributed by atoms with E-state index in [9.17, 15) is 4.79 Å². The number of fused-ring (bicyclic) bond motifs is 1. The topological polar surface area (TPSA) is 75.9 Å². The molecule has 2 aliphatic rings. The monoisotopic (exact) mass is 418 g/mol. The number of carbonyl (C=O) groups excluding carboxylic acids is 1. The fourth-order valence-corrected chi connectivity index (χ4v) is 5.05. The Hall–Kier alpha value is -2.80. The molecule has 7 nitrogen and oxygen atoms in total. The number of aromatic nitrogens is 4. The van der Waals surface area contributed by atoms with Gasteiger partial charge in [-0.25, -0.2) is 9.97 Å². The smallest absolute Gasteiger partial charge is 0.252 e. The van der Waals surface area contributed by atoms with Gasteiger partial charge in [0.05, 0.1) is 17.9 Å². The van der Waals surface area contributed by atoms with Crippen LogP contribution in [0.1, 0.15) is 73.0 Å². The van der Waals surface area contributed by atoms with Gasteiger partial charge < -0.3 is 9.88 Å². The molecule has 3 aromatic rings. The summed E-state index contributed by atoms with van der Waals surface area (Å²) < 4.78 is 2.18. The lowest BCUT2D eigenvalue weighted by molar-refractivity contribution is 0.0924. The van der Waals surface area contributed by atoms with E-state index in [2.05, 4.69) is 35.8 Å². The van der Waals surface area contributed by atoms with Crippen molar-refractivity contribution in [2.75, 3.05) is 19.6 Å². The van der Waals surface area contributed by atoms with Crippen LogP contribution >= 0.6 is 0 Å². The first kappa shape index (κ1) is 20.1. The molecular formula is C24H30N6O. The first-order chi connectivity index (χ1) is 15.3. The molecular weight excluding hydrogens is 388 g/mol. The van der Waals surface area contributed by atoms with Crippen LogP contribution in [-0.2, 0) is 0 Å². The van der Waals surface area contributed by atoms with Crippen LogP contribution in [0, 0.1) is 0 Å². The van der Waals surface area contributed by atoms with Crippen molar-refractivity contribution in [3.8, 4) is 0 Å². The third kappa shape index (κ3) is 4.32. The highest BCUT2D eigenvalue weighted by molar-refractivity contribution is 5.96. The van der Waals surface area contributed by atoms with E-state index in [1.54, 1.807) is 12.4 Å². The quantitative estimate of drug-likeness (QED) is 0.657. The van der Waals surface area contributed by atoms with Crippen LogP contribution in [0.5, 0.6) is 0 Å². The number of likely N-dealkylation sites (tertiary alicyclic amines) is 1. The van der Waals surface area contributed by atoms with Gasteiger partial charge in [-0.2, -0.15) is 0 Å². The lowest BCUT2D eigenvalue weighted by Gasteiger charge is -2.34. The Balaban J connectivity index is 1.30. The van der Waals surface area contributed by atoms with E-state index in [1.807, 2.05) is 24.7 Å². The fraction of sp³-hybridized carbons (Fsp3) is 0.500. The maximum Gasteiger partial charge on any atom is 0.252 e. The van der Waals surface area contributed by atoms with Gasteiger partial charge in [0, 0.05) is 31.2 Å². The number of nitrogens with zero attached hydrogens (tertiary/aromatic N) is 5. The molecule has 1 amide bonds. The number of amides is 1. The summed E-state index contributed by atoms with van der Waals surface area (Å²) in [6.07, 6.45) is 15.8. The Morgan fingerprint density at radius 3 is 2.71 bits per heavy atom. The van der Waals surface area contributed by atoms with Gasteiger partial charge in [-0.15, -0.1) is 0 Å². The van der Waals surface area contributed by atoms with Gasteiger partial charge in [-0.05, 0) is 56.5 Å². The minimum absolute atomic E-state index is 0.101. The normalized spacial score (nSPS) is 19.0. The second-order valence-electron chi connectivity index (χ2n) is 8.77. The number of imidazole rings is 1. The minimum Gasteiger partial charge on any atom is -0.350 e. The Kier molecular flexibility index (Phi) is 5.93. The van der Waals surface area contributed by atoms with E-state index < -0.39 is 0 Å². The molecule has 1 saturated heterocycles. The van der Waals surface area contributed by atoms with Crippen molar-refractivity contribution < 1.29 is 4.79 Å². The van der Waals surface area contributed by atoms with Crippen molar-refractivity contribution in [3.63, 3.8) is 0 Å². The van der Waals surface area contributed by atoms with Gasteiger partial charge >= 0.3 is 0 Å². The molecule has 1 aliphatic carbocycles. The van der Waals surface area contributed by atoms with Crippen LogP contribution in [-0.4, -0.2) is 50.0 Å². The zero-order valence-corrected chi connectivity index (χ0v) is 17.9. The molecule has 0 aromatic carbocycles. The van der Waals surface area contributed by atoms with E-state index in [0.717, 1.165) is 29.8 Å². The number of hydrogen-bond donors (Lipinski definition) is 1. The van der Waals surface area contributed by atoms with Crippen molar-refractivity contribution in [3.05, 3.63) is 54.2 Å². The second-order valence-corrected chi connectivity index (χ2v) is 8.77. The number of nitrogens with one attached hydrogen (secondary N) is 1. The number of pyridine rings is 2. The lowest BCUT2D eigenvalue weighted by Crippen LogP contribution is -2.40. The maximum atomic E-state index is 13.0. The number of carbonyl (C=O) groups is 1. The first-order valence-electron chi connectivity index (χ1n) is 11.5. The van der Waals surface area contributed by atoms with Crippen LogP contribution in [0.3, 0.4) is 0 Å². The molecule has 2 fully saturated rings. The van der Waals surface area contributed by atoms with E-state index in [0.29, 0.717) is 18.2 Å². The van der Waals surface area contributed by atoms with Gasteiger partial charge in [0.15, 0.2) is 5.65 Å². The van der Waals surface area contributed by atoms with Crippen LogP contribution in [0.4, 0.5) is 0 Å². The predicted molar refractivity (Wildman–Crippen MR) is 120 cm³/mol. The number of rotatable bonds is 6. The molecule has 1 N–H and O–H groups in total. The SMILES string of the molecule is O=C(NCC(c1cccnc1)N1CCCCC1)c1cnc2c(c1)ncn2C1CCCC1. The standard InChI is InChI=1S/C24H30N6O/c31-24(19-13-21-23(26-15-19)30(17-28-21)20-8-2-3-9-20)27-16-22(18-7-6-10-25-14-18)29-11-4-1-5-12-29/h6-7,10,13-15,17,20,22H,1-5,8-9,11-12,16H2,(H,27,31). The summed E-state index contributed by atoms with van der Waals surface area (Å²) in [7, 11) is 0. The third-order valence-corrected chi connectivity index (χ3v) is 6.75. The Bertz CT molecular complexity index is 1020. The summed E-state index contributed by atoms with van der Waals surface area (Å²) in [6.45, 7) is 2.67. The van der Waals surface area contributed by atoms with E-state index in [1.165, 1.54) is 44.9 Å². The molecule has 0 radical (unpaired) electrons. The molecule has 3 aromatic heterocycles. The highest BCUT2D eigenvalue weighted by atomic mass is 16.1. The molecule has 0 bridgehead atoms. The average Bonchev–Trinajstić information content (AvgIpc) is 3.50. The zero-order valence-electron chi connectivity index (χ0n) is 17.9. The summed E-state index contributed by atoms with van der Waals surface area (Å²) in [4.78, 5) is 28.8. The molecule has 5 rings (SSSR count). The molecule has 162 valence electrons. The fourth-order valence-electron chi connectivity index (χ4n) is 5.05. The van der Waals surface area contributed by atoms with E-state index in [-0.39, 0.29) is 11.9 Å². The van der Waals surface area contributed by atoms with Crippen LogP contribution in [0.25, 0.3) is 11.2 Å². The van der Waals surface area contributed by atoms with Crippen molar-refractivity contribution >= 4 is 17.1 Å². The van der Waals surface area contributed by atoms with Gasteiger partial charge in [-0.3, -0.25) is 14.7 Å². The minimum atomic E-state index is -0.101. The van der Waals surface area contributed by atoms with Crippen molar-refractivity contribution in [2.45, 2.75) is 57.0 Å². The molecule has 1 saturated carbocycles.